The molecule has 7 heteroatoms. The average Bonchev–Trinajstić information content (AvgIpc) is 2.66. The van der Waals surface area contributed by atoms with E-state index in [1.165, 1.54) is 12.1 Å². The van der Waals surface area contributed by atoms with Crippen molar-refractivity contribution < 1.29 is 28.1 Å². The molecule has 0 heterocycles. The van der Waals surface area contributed by atoms with Gasteiger partial charge >= 0.3 is 6.18 Å². The van der Waals surface area contributed by atoms with Gasteiger partial charge in [-0.2, -0.15) is 13.2 Å². The summed E-state index contributed by atoms with van der Waals surface area (Å²) in [5.41, 5.74) is 4.52. The predicted octanol–water partition coefficient (Wildman–Crippen LogP) is 3.79. The first-order chi connectivity index (χ1) is 12.7. The number of alkyl halides is 3. The molecule has 0 bridgehead atoms. The molecule has 0 unspecified atom stereocenters. The van der Waals surface area contributed by atoms with Crippen LogP contribution in [0.5, 0.6) is 11.5 Å². The van der Waals surface area contributed by atoms with Gasteiger partial charge < -0.3 is 20.7 Å². The average molecular weight is 377 g/mol. The van der Waals surface area contributed by atoms with Crippen molar-refractivity contribution in [2.24, 2.45) is 5.73 Å². The van der Waals surface area contributed by atoms with Crippen LogP contribution in [0, 0.1) is 0 Å². The van der Waals surface area contributed by atoms with E-state index < -0.39 is 30.5 Å². The second-order valence-electron chi connectivity index (χ2n) is 6.32. The van der Waals surface area contributed by atoms with Crippen LogP contribution in [-0.2, 0) is 11.7 Å². The van der Waals surface area contributed by atoms with Crippen LogP contribution in [0.25, 0.3) is 10.8 Å². The van der Waals surface area contributed by atoms with Gasteiger partial charge in [0.05, 0.1) is 24.3 Å². The highest BCUT2D eigenvalue weighted by molar-refractivity contribution is 5.84. The minimum Gasteiger partial charge on any atom is -0.457 e. The molecular weight excluding hydrogens is 359 g/mol. The third-order valence-corrected chi connectivity index (χ3v) is 4.35. The Kier molecular flexibility index (Phi) is 5.10. The van der Waals surface area contributed by atoms with E-state index in [9.17, 15) is 23.4 Å². The largest absolute Gasteiger partial charge is 0.457 e. The molecular formula is C20H18F3NO3. The van der Waals surface area contributed by atoms with Crippen LogP contribution in [0.2, 0.25) is 0 Å². The number of fused-ring (bicyclic) bond motifs is 1. The van der Waals surface area contributed by atoms with Gasteiger partial charge in [-0.05, 0) is 52.7 Å². The summed E-state index contributed by atoms with van der Waals surface area (Å²) >= 11 is 0. The third kappa shape index (κ3) is 4.05. The molecule has 0 saturated carbocycles. The van der Waals surface area contributed by atoms with Gasteiger partial charge in [-0.15, -0.1) is 0 Å². The zero-order valence-corrected chi connectivity index (χ0v) is 14.2. The SMILES string of the molecule is NC(CO)(CO)c1ccc2cc(Oc3cccc(C(F)(F)F)c3)ccc2c1. The van der Waals surface area contributed by atoms with Gasteiger partial charge in [-0.3, -0.25) is 0 Å². The highest BCUT2D eigenvalue weighted by Gasteiger charge is 2.30. The predicted molar refractivity (Wildman–Crippen MR) is 95.5 cm³/mol. The van der Waals surface area contributed by atoms with Crippen molar-refractivity contribution in [3.63, 3.8) is 0 Å². The number of hydrogen-bond acceptors (Lipinski definition) is 4. The summed E-state index contributed by atoms with van der Waals surface area (Å²) < 4.78 is 44.0. The Morgan fingerprint density at radius 1 is 0.778 bits per heavy atom. The monoisotopic (exact) mass is 377 g/mol. The maximum Gasteiger partial charge on any atom is 0.416 e. The van der Waals surface area contributed by atoms with Crippen molar-refractivity contribution in [1.29, 1.82) is 0 Å². The number of ether oxygens (including phenoxy) is 1. The minimum atomic E-state index is -4.44. The molecule has 0 aliphatic carbocycles. The van der Waals surface area contributed by atoms with E-state index in [4.69, 9.17) is 10.5 Å². The number of aliphatic hydroxyl groups excluding tert-OH is 2. The van der Waals surface area contributed by atoms with Crippen LogP contribution in [0.3, 0.4) is 0 Å². The summed E-state index contributed by atoms with van der Waals surface area (Å²) in [6.45, 7) is -0.822. The Hall–Kier alpha value is -2.61. The van der Waals surface area contributed by atoms with Crippen molar-refractivity contribution in [2.45, 2.75) is 11.7 Å². The van der Waals surface area contributed by atoms with E-state index in [-0.39, 0.29) is 5.75 Å². The summed E-state index contributed by atoms with van der Waals surface area (Å²) in [5, 5.41) is 20.4. The molecule has 3 aromatic carbocycles. The van der Waals surface area contributed by atoms with Crippen molar-refractivity contribution >= 4 is 10.8 Å². The Bertz CT molecular complexity index is 953. The zero-order valence-electron chi connectivity index (χ0n) is 14.2. The molecule has 0 aliphatic heterocycles. The van der Waals surface area contributed by atoms with Crippen LogP contribution < -0.4 is 10.5 Å². The second kappa shape index (κ2) is 7.19. The van der Waals surface area contributed by atoms with E-state index in [1.807, 2.05) is 0 Å². The molecule has 3 aromatic rings. The van der Waals surface area contributed by atoms with Crippen molar-refractivity contribution in [2.75, 3.05) is 13.2 Å². The Morgan fingerprint density at radius 3 is 2.07 bits per heavy atom. The Labute approximate surface area is 153 Å². The van der Waals surface area contributed by atoms with Crippen LogP contribution in [0.15, 0.2) is 60.7 Å². The summed E-state index contributed by atoms with van der Waals surface area (Å²) in [7, 11) is 0. The van der Waals surface area contributed by atoms with Gasteiger partial charge in [0.1, 0.15) is 11.5 Å². The third-order valence-electron chi connectivity index (χ3n) is 4.35. The number of halogens is 3. The van der Waals surface area contributed by atoms with Gasteiger partial charge in [0.2, 0.25) is 0 Å². The van der Waals surface area contributed by atoms with Crippen molar-refractivity contribution in [3.05, 3.63) is 71.8 Å². The molecule has 0 aromatic heterocycles. The highest BCUT2D eigenvalue weighted by atomic mass is 19.4. The first-order valence-electron chi connectivity index (χ1n) is 8.15. The van der Waals surface area contributed by atoms with E-state index in [0.717, 1.165) is 22.9 Å². The van der Waals surface area contributed by atoms with Crippen LogP contribution in [0.4, 0.5) is 13.2 Å². The number of benzene rings is 3. The molecule has 0 amide bonds. The Balaban J connectivity index is 1.90. The lowest BCUT2D eigenvalue weighted by molar-refractivity contribution is -0.137. The van der Waals surface area contributed by atoms with E-state index in [0.29, 0.717) is 11.3 Å². The van der Waals surface area contributed by atoms with E-state index in [2.05, 4.69) is 0 Å². The van der Waals surface area contributed by atoms with Crippen molar-refractivity contribution in [1.82, 2.24) is 0 Å². The number of aliphatic hydroxyl groups is 2. The molecule has 4 N–H and O–H groups in total. The molecule has 3 rings (SSSR count). The molecule has 27 heavy (non-hydrogen) atoms. The fourth-order valence-corrected chi connectivity index (χ4v) is 2.70. The molecule has 0 aliphatic rings. The summed E-state index contributed by atoms with van der Waals surface area (Å²) in [5.74, 6) is 0.472. The smallest absolute Gasteiger partial charge is 0.416 e. The van der Waals surface area contributed by atoms with Gasteiger partial charge in [-0.1, -0.05) is 24.3 Å². The molecule has 4 nitrogen and oxygen atoms in total. The van der Waals surface area contributed by atoms with E-state index >= 15 is 0 Å². The fourth-order valence-electron chi connectivity index (χ4n) is 2.70. The zero-order chi connectivity index (χ0) is 19.7. The van der Waals surface area contributed by atoms with Crippen molar-refractivity contribution in [3.8, 4) is 11.5 Å². The van der Waals surface area contributed by atoms with Gasteiger partial charge in [0, 0.05) is 0 Å². The van der Waals surface area contributed by atoms with Gasteiger partial charge in [0.15, 0.2) is 0 Å². The summed E-state index contributed by atoms with van der Waals surface area (Å²) in [6, 6.07) is 14.9. The quantitative estimate of drug-likeness (QED) is 0.632. The maximum absolute atomic E-state index is 12.8. The highest BCUT2D eigenvalue weighted by Crippen LogP contribution is 2.33. The van der Waals surface area contributed by atoms with Crippen LogP contribution >= 0.6 is 0 Å². The topological polar surface area (TPSA) is 75.7 Å². The summed E-state index contributed by atoms with van der Waals surface area (Å²) in [4.78, 5) is 0. The number of rotatable bonds is 5. The van der Waals surface area contributed by atoms with Gasteiger partial charge in [0.25, 0.3) is 0 Å². The maximum atomic E-state index is 12.8. The van der Waals surface area contributed by atoms with Gasteiger partial charge in [-0.25, -0.2) is 0 Å². The first kappa shape index (κ1) is 19.2. The number of hydrogen-bond donors (Lipinski definition) is 3. The summed E-state index contributed by atoms with van der Waals surface area (Å²) in [6.07, 6.45) is -4.44. The minimum absolute atomic E-state index is 0.0855. The lowest BCUT2D eigenvalue weighted by atomic mass is 9.91. The fraction of sp³-hybridized carbons (Fsp3) is 0.200. The molecule has 142 valence electrons. The Morgan fingerprint density at radius 2 is 1.41 bits per heavy atom. The first-order valence-corrected chi connectivity index (χ1v) is 8.15. The molecule has 0 fully saturated rings. The lowest BCUT2D eigenvalue weighted by Crippen LogP contribution is -2.44. The molecule has 0 saturated heterocycles. The standard InChI is InChI=1S/C20H18F3NO3/c21-20(22,23)16-2-1-3-17(10-16)27-18-7-5-13-8-15(6-4-14(13)9-18)19(24,11-25)12-26/h1-10,25-26H,11-12,24H2. The molecule has 0 atom stereocenters. The lowest BCUT2D eigenvalue weighted by Gasteiger charge is -2.25. The van der Waals surface area contributed by atoms with E-state index in [1.54, 1.807) is 36.4 Å². The second-order valence-corrected chi connectivity index (χ2v) is 6.32. The van der Waals surface area contributed by atoms with Crippen LogP contribution in [0.1, 0.15) is 11.1 Å². The van der Waals surface area contributed by atoms with Crippen LogP contribution in [-0.4, -0.2) is 23.4 Å². The number of nitrogens with two attached hydrogens (primary N) is 1. The molecule has 0 spiro atoms. The molecule has 0 radical (unpaired) electrons. The normalized spacial score (nSPS) is 12.4.